The first-order valence-corrected chi connectivity index (χ1v) is 10.5. The summed E-state index contributed by atoms with van der Waals surface area (Å²) in [6.45, 7) is 0.252. The molecule has 1 aromatic carbocycles. The molecule has 0 spiro atoms. The molecule has 3 aromatic rings. The number of hydrogen-bond donors (Lipinski definition) is 2. The van der Waals surface area contributed by atoms with E-state index in [1.54, 1.807) is 12.1 Å². The molecular weight excluding hydrogens is 469 g/mol. The Morgan fingerprint density at radius 2 is 2.03 bits per heavy atom. The highest BCUT2D eigenvalue weighted by Crippen LogP contribution is 2.46. The third kappa shape index (κ3) is 4.04. The molecule has 2 aromatic heterocycles. The summed E-state index contributed by atoms with van der Waals surface area (Å²) in [4.78, 5) is 13.4. The van der Waals surface area contributed by atoms with Crippen LogP contribution in [-0.4, -0.2) is 21.9 Å². The summed E-state index contributed by atoms with van der Waals surface area (Å²) in [5, 5.41) is 11.6. The highest BCUT2D eigenvalue weighted by Gasteiger charge is 2.47. The van der Waals surface area contributed by atoms with Crippen molar-refractivity contribution in [1.29, 1.82) is 0 Å². The lowest BCUT2D eigenvalue weighted by atomic mass is 10.0. The van der Waals surface area contributed by atoms with E-state index in [9.17, 15) is 18.0 Å². The minimum absolute atomic E-state index is 0.0792. The zero-order chi connectivity index (χ0) is 20.6. The minimum Gasteiger partial charge on any atom is -0.362 e. The molecule has 152 valence electrons. The molecule has 0 unspecified atom stereocenters. The van der Waals surface area contributed by atoms with Crippen molar-refractivity contribution in [3.63, 3.8) is 0 Å². The summed E-state index contributed by atoms with van der Waals surface area (Å²) >= 11 is 4.67. The van der Waals surface area contributed by atoms with E-state index in [0.717, 1.165) is 15.1 Å². The monoisotopic (exact) mass is 484 g/mol. The van der Waals surface area contributed by atoms with Gasteiger partial charge in [-0.1, -0.05) is 36.4 Å². The highest BCUT2D eigenvalue weighted by molar-refractivity contribution is 9.10. The predicted octanol–water partition coefficient (Wildman–Crippen LogP) is 5.30. The largest absolute Gasteiger partial charge is 0.410 e. The number of anilines is 1. The zero-order valence-electron chi connectivity index (χ0n) is 14.9. The fourth-order valence-corrected chi connectivity index (χ4v) is 4.62. The number of amides is 1. The molecule has 2 atom stereocenters. The van der Waals surface area contributed by atoms with E-state index in [1.807, 2.05) is 35.7 Å². The Morgan fingerprint density at radius 3 is 2.69 bits per heavy atom. The summed E-state index contributed by atoms with van der Waals surface area (Å²) in [7, 11) is 0. The van der Waals surface area contributed by atoms with Crippen LogP contribution >= 0.6 is 27.3 Å². The Balaban J connectivity index is 1.63. The van der Waals surface area contributed by atoms with Crippen molar-refractivity contribution >= 4 is 39.0 Å². The lowest BCUT2D eigenvalue weighted by molar-refractivity contribution is -0.173. The first-order chi connectivity index (χ1) is 13.8. The molecule has 2 N–H and O–H groups in total. The van der Waals surface area contributed by atoms with Crippen molar-refractivity contribution < 1.29 is 18.0 Å². The van der Waals surface area contributed by atoms with Crippen LogP contribution < -0.4 is 10.6 Å². The average Bonchev–Trinajstić information content (AvgIpc) is 3.34. The van der Waals surface area contributed by atoms with Crippen molar-refractivity contribution in [3.05, 3.63) is 68.5 Å². The second-order valence-corrected chi connectivity index (χ2v) is 8.40. The van der Waals surface area contributed by atoms with Gasteiger partial charge in [0.25, 0.3) is 5.91 Å². The van der Waals surface area contributed by atoms with Crippen molar-refractivity contribution in [1.82, 2.24) is 15.1 Å². The summed E-state index contributed by atoms with van der Waals surface area (Å²) in [6.07, 6.45) is -4.69. The number of carbonyl (C=O) groups excluding carboxylic acids is 1. The standard InChI is InChI=1S/C19H16BrF3N4OS/c20-15-16(18(28)24-10-11-5-2-1-3-6-11)26-27-14(19(21,22)23)9-12(25-17(15)27)13-7-4-8-29-13/h1-8,12,14,25H,9-10H2,(H,24,28)/t12-,14+/m0/s1. The molecule has 10 heteroatoms. The van der Waals surface area contributed by atoms with Crippen LogP contribution in [0.25, 0.3) is 0 Å². The fraction of sp³-hybridized carbons (Fsp3) is 0.263. The summed E-state index contributed by atoms with van der Waals surface area (Å²) in [6, 6.07) is 10.5. The van der Waals surface area contributed by atoms with Gasteiger partial charge < -0.3 is 10.6 Å². The molecule has 0 saturated heterocycles. The lowest BCUT2D eigenvalue weighted by Crippen LogP contribution is -2.35. The van der Waals surface area contributed by atoms with E-state index in [2.05, 4.69) is 31.7 Å². The third-order valence-corrected chi connectivity index (χ3v) is 6.43. The number of thiophene rings is 1. The molecule has 0 fully saturated rings. The molecule has 5 nitrogen and oxygen atoms in total. The molecule has 1 amide bonds. The number of hydrogen-bond acceptors (Lipinski definition) is 4. The maximum atomic E-state index is 13.7. The Bertz CT molecular complexity index is 1000. The van der Waals surface area contributed by atoms with Gasteiger partial charge in [0.05, 0.1) is 10.5 Å². The SMILES string of the molecule is O=C(NCc1ccccc1)c1nn2c(c1Br)N[C@H](c1cccs1)C[C@@H]2C(F)(F)F. The van der Waals surface area contributed by atoms with Gasteiger partial charge in [-0.25, -0.2) is 4.68 Å². The predicted molar refractivity (Wildman–Crippen MR) is 108 cm³/mol. The van der Waals surface area contributed by atoms with Crippen LogP contribution in [0.4, 0.5) is 19.0 Å². The first kappa shape index (κ1) is 20.0. The van der Waals surface area contributed by atoms with Crippen LogP contribution in [0.2, 0.25) is 0 Å². The van der Waals surface area contributed by atoms with Gasteiger partial charge in [0.2, 0.25) is 0 Å². The Labute approximate surface area is 177 Å². The van der Waals surface area contributed by atoms with Gasteiger partial charge in [-0.3, -0.25) is 4.79 Å². The summed E-state index contributed by atoms with van der Waals surface area (Å²) in [5.41, 5.74) is 0.800. The highest BCUT2D eigenvalue weighted by atomic mass is 79.9. The van der Waals surface area contributed by atoms with Gasteiger partial charge in [0.1, 0.15) is 5.82 Å². The zero-order valence-corrected chi connectivity index (χ0v) is 17.3. The first-order valence-electron chi connectivity index (χ1n) is 8.81. The van der Waals surface area contributed by atoms with Crippen LogP contribution in [0.1, 0.15) is 39.4 Å². The molecule has 0 bridgehead atoms. The smallest absolute Gasteiger partial charge is 0.362 e. The number of carbonyl (C=O) groups is 1. The van der Waals surface area contributed by atoms with Gasteiger partial charge in [-0.15, -0.1) is 11.3 Å². The van der Waals surface area contributed by atoms with Gasteiger partial charge in [-0.2, -0.15) is 18.3 Å². The summed E-state index contributed by atoms with van der Waals surface area (Å²) < 4.78 is 42.3. The Kier molecular flexibility index (Phi) is 5.39. The molecule has 0 saturated carbocycles. The number of aromatic nitrogens is 2. The van der Waals surface area contributed by atoms with Crippen molar-refractivity contribution in [2.75, 3.05) is 5.32 Å². The maximum absolute atomic E-state index is 13.7. The van der Waals surface area contributed by atoms with E-state index in [4.69, 9.17) is 0 Å². The average molecular weight is 485 g/mol. The number of fused-ring (bicyclic) bond motifs is 1. The molecule has 1 aliphatic heterocycles. The molecule has 0 aliphatic carbocycles. The molecule has 29 heavy (non-hydrogen) atoms. The minimum atomic E-state index is -4.49. The topological polar surface area (TPSA) is 59.0 Å². The quantitative estimate of drug-likeness (QED) is 0.528. The van der Waals surface area contributed by atoms with E-state index in [1.165, 1.54) is 11.3 Å². The van der Waals surface area contributed by atoms with E-state index in [-0.39, 0.29) is 29.0 Å². The number of benzene rings is 1. The number of halogens is 4. The van der Waals surface area contributed by atoms with Gasteiger partial charge >= 0.3 is 6.18 Å². The molecule has 3 heterocycles. The van der Waals surface area contributed by atoms with Crippen LogP contribution in [0, 0.1) is 0 Å². The lowest BCUT2D eigenvalue weighted by Gasteiger charge is -2.33. The number of nitrogens with one attached hydrogen (secondary N) is 2. The molecule has 4 rings (SSSR count). The number of rotatable bonds is 4. The number of alkyl halides is 3. The maximum Gasteiger partial charge on any atom is 0.410 e. The fourth-order valence-electron chi connectivity index (χ4n) is 3.27. The third-order valence-electron chi connectivity index (χ3n) is 4.69. The van der Waals surface area contributed by atoms with Crippen LogP contribution in [0.5, 0.6) is 0 Å². The molecule has 0 radical (unpaired) electrons. The summed E-state index contributed by atoms with van der Waals surface area (Å²) in [5.74, 6) is -0.389. The normalized spacial score (nSPS) is 18.8. The van der Waals surface area contributed by atoms with Crippen molar-refractivity contribution in [3.8, 4) is 0 Å². The van der Waals surface area contributed by atoms with Crippen LogP contribution in [0.3, 0.4) is 0 Å². The molecular formula is C19H16BrF3N4OS. The van der Waals surface area contributed by atoms with E-state index >= 15 is 0 Å². The molecule has 1 aliphatic rings. The van der Waals surface area contributed by atoms with Gasteiger partial charge in [-0.05, 0) is 32.9 Å². The van der Waals surface area contributed by atoms with Crippen molar-refractivity contribution in [2.45, 2.75) is 31.2 Å². The van der Waals surface area contributed by atoms with E-state index < -0.39 is 24.2 Å². The van der Waals surface area contributed by atoms with Crippen molar-refractivity contribution in [2.24, 2.45) is 0 Å². The van der Waals surface area contributed by atoms with Crippen LogP contribution in [0.15, 0.2) is 52.3 Å². The van der Waals surface area contributed by atoms with Gasteiger partial charge in [0, 0.05) is 17.8 Å². The van der Waals surface area contributed by atoms with Gasteiger partial charge in [0.15, 0.2) is 11.7 Å². The Morgan fingerprint density at radius 1 is 1.28 bits per heavy atom. The van der Waals surface area contributed by atoms with E-state index in [0.29, 0.717) is 0 Å². The van der Waals surface area contributed by atoms with Crippen LogP contribution in [-0.2, 0) is 6.54 Å². The second-order valence-electron chi connectivity index (χ2n) is 6.63. The number of nitrogens with zero attached hydrogens (tertiary/aromatic N) is 2. The second kappa shape index (κ2) is 7.83. The Hall–Kier alpha value is -2.33.